The van der Waals surface area contributed by atoms with E-state index < -0.39 is 0 Å². The maximum absolute atomic E-state index is 5.92. The molecule has 1 heterocycles. The van der Waals surface area contributed by atoms with Crippen molar-refractivity contribution in [3.8, 4) is 5.75 Å². The van der Waals surface area contributed by atoms with Crippen LogP contribution in [0.5, 0.6) is 5.75 Å². The topological polar surface area (TPSA) is 62.9 Å². The first-order valence-electron chi connectivity index (χ1n) is 7.07. The molecular formula is C15H25IN4O. The third kappa shape index (κ3) is 6.09. The Balaban J connectivity index is 0.00000220. The summed E-state index contributed by atoms with van der Waals surface area (Å²) >= 11 is 0. The molecule has 21 heavy (non-hydrogen) atoms. The average Bonchev–Trinajstić information content (AvgIpc) is 2.46. The van der Waals surface area contributed by atoms with Gasteiger partial charge in [-0.05, 0) is 56.6 Å². The predicted molar refractivity (Wildman–Crippen MR) is 98.7 cm³/mol. The van der Waals surface area contributed by atoms with Crippen LogP contribution in [0.4, 0.5) is 5.69 Å². The Morgan fingerprint density at radius 2 is 2.14 bits per heavy atom. The highest BCUT2D eigenvalue weighted by molar-refractivity contribution is 14.0. The number of aliphatic imine (C=N–C) groups is 1. The summed E-state index contributed by atoms with van der Waals surface area (Å²) < 4.78 is 5.12. The van der Waals surface area contributed by atoms with Crippen LogP contribution in [0.25, 0.3) is 0 Å². The lowest BCUT2D eigenvalue weighted by atomic mass is 9.99. The monoisotopic (exact) mass is 404 g/mol. The molecule has 0 saturated carbocycles. The Morgan fingerprint density at radius 3 is 2.76 bits per heavy atom. The van der Waals surface area contributed by atoms with E-state index in [1.807, 2.05) is 24.3 Å². The molecule has 1 fully saturated rings. The largest absolute Gasteiger partial charge is 0.497 e. The van der Waals surface area contributed by atoms with Crippen molar-refractivity contribution in [1.29, 1.82) is 0 Å². The lowest BCUT2D eigenvalue weighted by Gasteiger charge is -2.28. The molecule has 5 nitrogen and oxygen atoms in total. The van der Waals surface area contributed by atoms with Crippen LogP contribution in [0.1, 0.15) is 12.8 Å². The van der Waals surface area contributed by atoms with Crippen LogP contribution in [-0.4, -0.2) is 44.7 Å². The molecule has 0 aromatic heterocycles. The number of nitrogens with one attached hydrogen (secondary N) is 1. The highest BCUT2D eigenvalue weighted by Crippen LogP contribution is 2.16. The van der Waals surface area contributed by atoms with Crippen LogP contribution in [-0.2, 0) is 0 Å². The van der Waals surface area contributed by atoms with Crippen molar-refractivity contribution in [3.05, 3.63) is 24.3 Å². The first-order chi connectivity index (χ1) is 9.67. The molecule has 0 amide bonds. The van der Waals surface area contributed by atoms with Crippen molar-refractivity contribution in [2.24, 2.45) is 16.6 Å². The van der Waals surface area contributed by atoms with Gasteiger partial charge in [0.2, 0.25) is 0 Å². The zero-order valence-electron chi connectivity index (χ0n) is 12.7. The van der Waals surface area contributed by atoms with Crippen LogP contribution >= 0.6 is 24.0 Å². The van der Waals surface area contributed by atoms with E-state index in [1.54, 1.807) is 7.11 Å². The van der Waals surface area contributed by atoms with Crippen molar-refractivity contribution < 1.29 is 4.74 Å². The summed E-state index contributed by atoms with van der Waals surface area (Å²) in [6, 6.07) is 7.64. The first-order valence-corrected chi connectivity index (χ1v) is 7.07. The minimum Gasteiger partial charge on any atom is -0.497 e. The molecule has 1 aromatic carbocycles. The van der Waals surface area contributed by atoms with Gasteiger partial charge in [0, 0.05) is 18.8 Å². The third-order valence-electron chi connectivity index (χ3n) is 3.60. The minimum atomic E-state index is 0. The van der Waals surface area contributed by atoms with E-state index in [4.69, 9.17) is 10.5 Å². The Hall–Kier alpha value is -1.02. The number of guanidine groups is 1. The van der Waals surface area contributed by atoms with Gasteiger partial charge < -0.3 is 20.7 Å². The van der Waals surface area contributed by atoms with Gasteiger partial charge in [0.1, 0.15) is 5.75 Å². The number of methoxy groups -OCH3 is 1. The number of nitrogens with two attached hydrogens (primary N) is 1. The van der Waals surface area contributed by atoms with Gasteiger partial charge in [-0.1, -0.05) is 0 Å². The van der Waals surface area contributed by atoms with Crippen LogP contribution < -0.4 is 15.8 Å². The number of benzene rings is 1. The molecule has 0 radical (unpaired) electrons. The number of piperidine rings is 1. The van der Waals surface area contributed by atoms with E-state index in [-0.39, 0.29) is 24.0 Å². The second-order valence-corrected chi connectivity index (χ2v) is 5.35. The van der Waals surface area contributed by atoms with Gasteiger partial charge in [-0.25, -0.2) is 0 Å². The van der Waals surface area contributed by atoms with Crippen LogP contribution in [0.3, 0.4) is 0 Å². The fraction of sp³-hybridized carbons (Fsp3) is 0.533. The van der Waals surface area contributed by atoms with Crippen LogP contribution in [0.2, 0.25) is 0 Å². The SMILES string of the molecule is COc1ccc(NC(N)=NCC2CCCN(C)C2)cc1.I. The standard InChI is InChI=1S/C15H24N4O.HI/c1-19-9-3-4-12(11-19)10-17-15(16)18-13-5-7-14(20-2)8-6-13;/h5-8,12H,3-4,9-11H2,1-2H3,(H3,16,17,18);1H. The summed E-state index contributed by atoms with van der Waals surface area (Å²) in [4.78, 5) is 6.80. The van der Waals surface area contributed by atoms with E-state index in [9.17, 15) is 0 Å². The van der Waals surface area contributed by atoms with Gasteiger partial charge in [0.05, 0.1) is 7.11 Å². The van der Waals surface area contributed by atoms with Gasteiger partial charge in [-0.15, -0.1) is 24.0 Å². The summed E-state index contributed by atoms with van der Waals surface area (Å²) in [7, 11) is 3.81. The molecule has 1 saturated heterocycles. The van der Waals surface area contributed by atoms with E-state index in [2.05, 4.69) is 22.3 Å². The highest BCUT2D eigenvalue weighted by Gasteiger charge is 2.16. The summed E-state index contributed by atoms with van der Waals surface area (Å²) in [5, 5.41) is 3.10. The van der Waals surface area contributed by atoms with Crippen molar-refractivity contribution in [3.63, 3.8) is 0 Å². The van der Waals surface area contributed by atoms with Gasteiger partial charge in [-0.2, -0.15) is 0 Å². The Labute approximate surface area is 144 Å². The number of likely N-dealkylation sites (tertiary alicyclic amines) is 1. The number of anilines is 1. The third-order valence-corrected chi connectivity index (χ3v) is 3.60. The molecule has 1 unspecified atom stereocenters. The number of nitrogens with zero attached hydrogens (tertiary/aromatic N) is 2. The molecule has 1 aliphatic heterocycles. The number of halogens is 1. The smallest absolute Gasteiger partial charge is 0.193 e. The Morgan fingerprint density at radius 1 is 1.43 bits per heavy atom. The van der Waals surface area contributed by atoms with Crippen molar-refractivity contribution in [2.75, 3.05) is 39.1 Å². The molecule has 0 aliphatic carbocycles. The first kappa shape index (κ1) is 18.0. The van der Waals surface area contributed by atoms with E-state index in [0.29, 0.717) is 11.9 Å². The normalized spacial score (nSPS) is 19.7. The van der Waals surface area contributed by atoms with Crippen LogP contribution in [0.15, 0.2) is 29.3 Å². The molecular weight excluding hydrogens is 379 g/mol. The zero-order valence-corrected chi connectivity index (χ0v) is 15.0. The van der Waals surface area contributed by atoms with E-state index in [1.165, 1.54) is 19.4 Å². The molecule has 1 aliphatic rings. The average molecular weight is 404 g/mol. The second-order valence-electron chi connectivity index (χ2n) is 5.35. The van der Waals surface area contributed by atoms with Gasteiger partial charge in [0.25, 0.3) is 0 Å². The van der Waals surface area contributed by atoms with Gasteiger partial charge >= 0.3 is 0 Å². The van der Waals surface area contributed by atoms with Crippen molar-refractivity contribution >= 4 is 35.6 Å². The fourth-order valence-corrected chi connectivity index (χ4v) is 2.51. The number of hydrogen-bond acceptors (Lipinski definition) is 3. The molecule has 3 N–H and O–H groups in total. The highest BCUT2D eigenvalue weighted by atomic mass is 127. The van der Waals surface area contributed by atoms with Gasteiger partial charge in [0.15, 0.2) is 5.96 Å². The Bertz CT molecular complexity index is 449. The van der Waals surface area contributed by atoms with Crippen LogP contribution in [0, 0.1) is 5.92 Å². The number of rotatable bonds is 4. The summed E-state index contributed by atoms with van der Waals surface area (Å²) in [5.41, 5.74) is 6.85. The summed E-state index contributed by atoms with van der Waals surface area (Å²) in [6.45, 7) is 3.10. The number of hydrogen-bond donors (Lipinski definition) is 2. The minimum absolute atomic E-state index is 0. The molecule has 0 spiro atoms. The lowest BCUT2D eigenvalue weighted by Crippen LogP contribution is -2.34. The van der Waals surface area contributed by atoms with Crippen molar-refractivity contribution in [1.82, 2.24) is 4.90 Å². The van der Waals surface area contributed by atoms with Crippen molar-refractivity contribution in [2.45, 2.75) is 12.8 Å². The zero-order chi connectivity index (χ0) is 14.4. The lowest BCUT2D eigenvalue weighted by molar-refractivity contribution is 0.214. The molecule has 1 aromatic rings. The molecule has 0 bridgehead atoms. The Kier molecular flexibility index (Phi) is 7.81. The molecule has 118 valence electrons. The van der Waals surface area contributed by atoms with E-state index in [0.717, 1.165) is 24.5 Å². The molecule has 2 rings (SSSR count). The second kappa shape index (κ2) is 9.09. The molecule has 6 heteroatoms. The molecule has 1 atom stereocenters. The quantitative estimate of drug-likeness (QED) is 0.460. The van der Waals surface area contributed by atoms with E-state index >= 15 is 0 Å². The summed E-state index contributed by atoms with van der Waals surface area (Å²) in [5.74, 6) is 1.92. The maximum Gasteiger partial charge on any atom is 0.193 e. The summed E-state index contributed by atoms with van der Waals surface area (Å²) in [6.07, 6.45) is 2.49. The van der Waals surface area contributed by atoms with Gasteiger partial charge in [-0.3, -0.25) is 4.99 Å². The number of ether oxygens (including phenoxy) is 1. The maximum atomic E-state index is 5.92. The fourth-order valence-electron chi connectivity index (χ4n) is 2.51. The predicted octanol–water partition coefficient (Wildman–Crippen LogP) is 2.38.